The van der Waals surface area contributed by atoms with Crippen molar-refractivity contribution < 1.29 is 9.53 Å². The first kappa shape index (κ1) is 23.1. The van der Waals surface area contributed by atoms with Crippen molar-refractivity contribution >= 4 is 6.09 Å². The van der Waals surface area contributed by atoms with Gasteiger partial charge in [-0.2, -0.15) is 0 Å². The molecule has 0 atom stereocenters. The molecule has 0 heterocycles. The summed E-state index contributed by atoms with van der Waals surface area (Å²) in [7, 11) is 6.34. The van der Waals surface area contributed by atoms with E-state index < -0.39 is 5.60 Å². The Hall–Kier alpha value is -0.850. The zero-order valence-electron chi connectivity index (χ0n) is 16.8. The maximum atomic E-state index is 11.5. The molecule has 144 valence electrons. The van der Waals surface area contributed by atoms with Crippen LogP contribution < -0.4 is 10.6 Å². The zero-order valence-corrected chi connectivity index (χ0v) is 16.8. The number of alkyl carbamates (subject to hydrolysis) is 1. The fourth-order valence-corrected chi connectivity index (χ4v) is 2.37. The van der Waals surface area contributed by atoms with Crippen molar-refractivity contribution in [1.29, 1.82) is 0 Å². The van der Waals surface area contributed by atoms with Crippen molar-refractivity contribution in [3.63, 3.8) is 0 Å². The SMILES string of the molecule is CNCCCN(C)CCCCN(C)CCCNC(=O)OC(C)(C)C. The number of nitrogens with one attached hydrogen (secondary N) is 2. The van der Waals surface area contributed by atoms with Crippen molar-refractivity contribution in [3.05, 3.63) is 0 Å². The lowest BCUT2D eigenvalue weighted by Gasteiger charge is -2.21. The molecule has 0 aliphatic heterocycles. The minimum atomic E-state index is -0.429. The second kappa shape index (κ2) is 13.4. The molecule has 1 amide bonds. The molecule has 0 fully saturated rings. The first-order valence-electron chi connectivity index (χ1n) is 9.23. The molecule has 0 saturated carbocycles. The molecule has 24 heavy (non-hydrogen) atoms. The van der Waals surface area contributed by atoms with Crippen molar-refractivity contribution in [2.24, 2.45) is 0 Å². The smallest absolute Gasteiger partial charge is 0.407 e. The van der Waals surface area contributed by atoms with E-state index in [4.69, 9.17) is 4.74 Å². The summed E-state index contributed by atoms with van der Waals surface area (Å²) in [4.78, 5) is 16.3. The molecule has 0 aromatic carbocycles. The van der Waals surface area contributed by atoms with Crippen LogP contribution in [0.5, 0.6) is 0 Å². The summed E-state index contributed by atoms with van der Waals surface area (Å²) in [6, 6.07) is 0. The van der Waals surface area contributed by atoms with E-state index in [1.807, 2.05) is 27.8 Å². The average Bonchev–Trinajstić information content (AvgIpc) is 2.46. The Bertz CT molecular complexity index is 319. The third kappa shape index (κ3) is 16.0. The molecular weight excluding hydrogens is 304 g/mol. The number of amides is 1. The maximum absolute atomic E-state index is 11.5. The van der Waals surface area contributed by atoms with Gasteiger partial charge in [-0.15, -0.1) is 0 Å². The quantitative estimate of drug-likeness (QED) is 0.502. The van der Waals surface area contributed by atoms with Gasteiger partial charge in [0.2, 0.25) is 0 Å². The molecule has 0 aliphatic rings. The predicted octanol–water partition coefficient (Wildman–Crippen LogP) is 2.15. The monoisotopic (exact) mass is 344 g/mol. The molecule has 0 spiro atoms. The van der Waals surface area contributed by atoms with Gasteiger partial charge in [0.05, 0.1) is 0 Å². The highest BCUT2D eigenvalue weighted by atomic mass is 16.6. The lowest BCUT2D eigenvalue weighted by atomic mass is 10.2. The van der Waals surface area contributed by atoms with Gasteiger partial charge in [0.15, 0.2) is 0 Å². The molecule has 0 aliphatic carbocycles. The van der Waals surface area contributed by atoms with Crippen molar-refractivity contribution in [3.8, 4) is 0 Å². The van der Waals surface area contributed by atoms with Gasteiger partial charge in [-0.25, -0.2) is 4.79 Å². The van der Waals surface area contributed by atoms with Crippen LogP contribution in [0.2, 0.25) is 0 Å². The first-order chi connectivity index (χ1) is 11.2. The molecule has 0 aromatic rings. The van der Waals surface area contributed by atoms with E-state index in [0.29, 0.717) is 6.54 Å². The third-order valence-electron chi connectivity index (χ3n) is 3.68. The van der Waals surface area contributed by atoms with Gasteiger partial charge >= 0.3 is 6.09 Å². The highest BCUT2D eigenvalue weighted by Crippen LogP contribution is 2.06. The molecule has 0 rings (SSSR count). The Morgan fingerprint density at radius 3 is 1.79 bits per heavy atom. The van der Waals surface area contributed by atoms with Crippen LogP contribution in [0, 0.1) is 0 Å². The number of carbonyl (C=O) groups is 1. The second-order valence-electron chi connectivity index (χ2n) is 7.55. The maximum Gasteiger partial charge on any atom is 0.407 e. The molecule has 0 unspecified atom stereocenters. The topological polar surface area (TPSA) is 56.8 Å². The summed E-state index contributed by atoms with van der Waals surface area (Å²) < 4.78 is 5.21. The summed E-state index contributed by atoms with van der Waals surface area (Å²) in [6.07, 6.45) is 4.27. The number of rotatable bonds is 13. The third-order valence-corrected chi connectivity index (χ3v) is 3.68. The highest BCUT2D eigenvalue weighted by molar-refractivity contribution is 5.67. The standard InChI is InChI=1S/C18H40N4O2/c1-18(2,3)24-17(23)20-12-10-16-22(6)14-8-7-13-21(5)15-9-11-19-4/h19H,7-16H2,1-6H3,(H,20,23). The molecule has 2 N–H and O–H groups in total. The van der Waals surface area contributed by atoms with E-state index in [2.05, 4.69) is 34.5 Å². The summed E-state index contributed by atoms with van der Waals surface area (Å²) >= 11 is 0. The second-order valence-corrected chi connectivity index (χ2v) is 7.55. The lowest BCUT2D eigenvalue weighted by Crippen LogP contribution is -2.34. The molecular formula is C18H40N4O2. The summed E-state index contributed by atoms with van der Waals surface area (Å²) in [5.74, 6) is 0. The van der Waals surface area contributed by atoms with Gasteiger partial charge in [0.25, 0.3) is 0 Å². The van der Waals surface area contributed by atoms with Crippen molar-refractivity contribution in [1.82, 2.24) is 20.4 Å². The Labute approximate surface area is 149 Å². The van der Waals surface area contributed by atoms with Gasteiger partial charge in [-0.3, -0.25) is 0 Å². The number of hydrogen-bond donors (Lipinski definition) is 2. The van der Waals surface area contributed by atoms with Crippen LogP contribution in [-0.4, -0.2) is 81.9 Å². The molecule has 0 aromatic heterocycles. The van der Waals surface area contributed by atoms with Crippen LogP contribution in [0.1, 0.15) is 46.5 Å². The van der Waals surface area contributed by atoms with Crippen LogP contribution >= 0.6 is 0 Å². The molecule has 6 nitrogen and oxygen atoms in total. The van der Waals surface area contributed by atoms with Gasteiger partial charge in [-0.1, -0.05) is 0 Å². The summed E-state index contributed by atoms with van der Waals surface area (Å²) in [5, 5.41) is 5.98. The predicted molar refractivity (Wildman–Crippen MR) is 102 cm³/mol. The fourth-order valence-electron chi connectivity index (χ4n) is 2.37. The summed E-state index contributed by atoms with van der Waals surface area (Å²) in [6.45, 7) is 11.8. The van der Waals surface area contributed by atoms with Crippen LogP contribution in [-0.2, 0) is 4.74 Å². The number of carbonyl (C=O) groups excluding carboxylic acids is 1. The van der Waals surface area contributed by atoms with Crippen LogP contribution in [0.25, 0.3) is 0 Å². The van der Waals surface area contributed by atoms with Crippen LogP contribution in [0.15, 0.2) is 0 Å². The fraction of sp³-hybridized carbons (Fsp3) is 0.944. The summed E-state index contributed by atoms with van der Waals surface area (Å²) in [5.41, 5.74) is -0.429. The van der Waals surface area contributed by atoms with Crippen LogP contribution in [0.3, 0.4) is 0 Å². The minimum absolute atomic E-state index is 0.327. The number of nitrogens with zero attached hydrogens (tertiary/aromatic N) is 2. The van der Waals surface area contributed by atoms with E-state index in [1.165, 1.54) is 19.3 Å². The molecule has 0 saturated heterocycles. The Morgan fingerprint density at radius 1 is 0.875 bits per heavy atom. The highest BCUT2D eigenvalue weighted by Gasteiger charge is 2.15. The normalized spacial score (nSPS) is 12.0. The Morgan fingerprint density at radius 2 is 1.33 bits per heavy atom. The number of unbranched alkanes of at least 4 members (excludes halogenated alkanes) is 1. The first-order valence-corrected chi connectivity index (χ1v) is 9.23. The van der Waals surface area contributed by atoms with E-state index >= 15 is 0 Å². The van der Waals surface area contributed by atoms with E-state index in [1.54, 1.807) is 0 Å². The lowest BCUT2D eigenvalue weighted by molar-refractivity contribution is 0.0526. The zero-order chi connectivity index (χ0) is 18.4. The van der Waals surface area contributed by atoms with Gasteiger partial charge < -0.3 is 25.2 Å². The van der Waals surface area contributed by atoms with Crippen molar-refractivity contribution in [2.75, 3.05) is 60.4 Å². The molecule has 0 radical (unpaired) electrons. The molecule has 0 bridgehead atoms. The van der Waals surface area contributed by atoms with Crippen molar-refractivity contribution in [2.45, 2.75) is 52.1 Å². The number of hydrogen-bond acceptors (Lipinski definition) is 5. The molecule has 6 heteroatoms. The van der Waals surface area contributed by atoms with Gasteiger partial charge in [-0.05, 0) is 100 Å². The van der Waals surface area contributed by atoms with Gasteiger partial charge in [0.1, 0.15) is 5.60 Å². The van der Waals surface area contributed by atoms with E-state index in [-0.39, 0.29) is 6.09 Å². The Kier molecular flexibility index (Phi) is 13.0. The van der Waals surface area contributed by atoms with E-state index in [9.17, 15) is 4.79 Å². The van der Waals surface area contributed by atoms with E-state index in [0.717, 1.165) is 39.1 Å². The number of ether oxygens (including phenoxy) is 1. The van der Waals surface area contributed by atoms with Gasteiger partial charge in [0, 0.05) is 6.54 Å². The minimum Gasteiger partial charge on any atom is -0.444 e. The average molecular weight is 345 g/mol. The largest absolute Gasteiger partial charge is 0.444 e. The Balaban J connectivity index is 3.50. The van der Waals surface area contributed by atoms with Crippen LogP contribution in [0.4, 0.5) is 4.79 Å².